The van der Waals surface area contributed by atoms with Crippen LogP contribution in [-0.4, -0.2) is 40.0 Å². The number of aliphatic imine (C=N–C) groups is 1. The first-order valence-electron chi connectivity index (χ1n) is 13.6. The van der Waals surface area contributed by atoms with Gasteiger partial charge < -0.3 is 14.9 Å². The van der Waals surface area contributed by atoms with Crippen molar-refractivity contribution in [3.05, 3.63) is 0 Å². The normalized spacial score (nSPS) is 52.9. The number of aliphatic hydroxyl groups is 2. The molecule has 10 atom stereocenters. The standard InChI is InChI=1S/C28H47NO3/c1-7-17(2)19-8-9-20-23-21(10-11-27(19,20)6)26(5)12-13-28(31,15-18(26)14-22(23)30)24-29-25(3,4)16-32-24/h17-23,30-31H,7-16H2,1-6H3/t17-,18-,19?,20?,21?,22+,23?,26+,27-,28-/m1/s1. The Morgan fingerprint density at radius 2 is 1.75 bits per heavy atom. The highest BCUT2D eigenvalue weighted by Crippen LogP contribution is 2.69. The molecule has 4 heteroatoms. The maximum absolute atomic E-state index is 11.6. The monoisotopic (exact) mass is 445 g/mol. The van der Waals surface area contributed by atoms with Gasteiger partial charge in [0.25, 0.3) is 0 Å². The predicted octanol–water partition coefficient (Wildman–Crippen LogP) is 5.60. The van der Waals surface area contributed by atoms with Crippen molar-refractivity contribution in [1.29, 1.82) is 0 Å². The molecule has 0 saturated heterocycles. The van der Waals surface area contributed by atoms with Crippen LogP contribution in [0.15, 0.2) is 4.99 Å². The molecule has 2 N–H and O–H groups in total. The van der Waals surface area contributed by atoms with E-state index in [1.165, 1.54) is 32.1 Å². The number of hydrogen-bond donors (Lipinski definition) is 2. The van der Waals surface area contributed by atoms with Gasteiger partial charge in [-0.05, 0) is 112 Å². The summed E-state index contributed by atoms with van der Waals surface area (Å²) >= 11 is 0. The van der Waals surface area contributed by atoms with Gasteiger partial charge in [-0.2, -0.15) is 0 Å². The van der Waals surface area contributed by atoms with Gasteiger partial charge >= 0.3 is 0 Å². The van der Waals surface area contributed by atoms with Gasteiger partial charge in [0, 0.05) is 0 Å². The number of ether oxygens (including phenoxy) is 1. The largest absolute Gasteiger partial charge is 0.476 e. The van der Waals surface area contributed by atoms with Crippen molar-refractivity contribution < 1.29 is 14.9 Å². The Hall–Kier alpha value is -0.610. The fourth-order valence-corrected chi connectivity index (χ4v) is 9.49. The number of hydrogen-bond acceptors (Lipinski definition) is 4. The molecular weight excluding hydrogens is 398 g/mol. The third-order valence-electron chi connectivity index (χ3n) is 11.5. The van der Waals surface area contributed by atoms with Crippen molar-refractivity contribution in [2.75, 3.05) is 6.61 Å². The molecule has 1 heterocycles. The molecule has 0 aromatic heterocycles. The SMILES string of the molecule is CC[C@@H](C)C1CCC2C3C(CC[C@@]21C)[C@@]1(C)CC[C@](O)(C2=NC(C)(C)CO2)C[C@H]1C[C@@H]3O. The highest BCUT2D eigenvalue weighted by molar-refractivity contribution is 5.86. The van der Waals surface area contributed by atoms with Gasteiger partial charge in [0.15, 0.2) is 0 Å². The third-order valence-corrected chi connectivity index (χ3v) is 11.5. The first-order chi connectivity index (χ1) is 14.9. The Morgan fingerprint density at radius 1 is 1.03 bits per heavy atom. The number of aliphatic hydroxyl groups excluding tert-OH is 1. The molecule has 5 aliphatic rings. The van der Waals surface area contributed by atoms with Gasteiger partial charge in [-0.25, -0.2) is 4.99 Å². The van der Waals surface area contributed by atoms with Crippen molar-refractivity contribution in [3.8, 4) is 0 Å². The van der Waals surface area contributed by atoms with Gasteiger partial charge in [0.05, 0.1) is 11.6 Å². The van der Waals surface area contributed by atoms with Gasteiger partial charge in [-0.15, -0.1) is 0 Å². The van der Waals surface area contributed by atoms with Gasteiger partial charge in [-0.3, -0.25) is 0 Å². The molecule has 5 rings (SSSR count). The van der Waals surface area contributed by atoms with Crippen LogP contribution in [0.25, 0.3) is 0 Å². The maximum atomic E-state index is 11.6. The first kappa shape index (κ1) is 23.1. The van der Waals surface area contributed by atoms with Gasteiger partial charge in [0.1, 0.15) is 12.2 Å². The molecule has 4 nitrogen and oxygen atoms in total. The molecule has 4 saturated carbocycles. The van der Waals surface area contributed by atoms with E-state index in [2.05, 4.69) is 41.5 Å². The van der Waals surface area contributed by atoms with Crippen molar-refractivity contribution >= 4 is 5.90 Å². The summed E-state index contributed by atoms with van der Waals surface area (Å²) in [5, 5.41) is 23.2. The Balaban J connectivity index is 1.40. The lowest BCUT2D eigenvalue weighted by molar-refractivity contribution is -0.181. The lowest BCUT2D eigenvalue weighted by atomic mass is 9.43. The Kier molecular flexibility index (Phi) is 5.38. The van der Waals surface area contributed by atoms with E-state index in [4.69, 9.17) is 9.73 Å². The topological polar surface area (TPSA) is 62.1 Å². The molecule has 0 bridgehead atoms. The van der Waals surface area contributed by atoms with Crippen LogP contribution in [0.4, 0.5) is 0 Å². The zero-order chi connectivity index (χ0) is 23.1. The van der Waals surface area contributed by atoms with Crippen LogP contribution >= 0.6 is 0 Å². The molecule has 4 aliphatic carbocycles. The highest BCUT2D eigenvalue weighted by atomic mass is 16.5. The van der Waals surface area contributed by atoms with Crippen LogP contribution in [0.2, 0.25) is 0 Å². The average molecular weight is 446 g/mol. The van der Waals surface area contributed by atoms with E-state index in [1.54, 1.807) is 0 Å². The lowest BCUT2D eigenvalue weighted by Crippen LogP contribution is -2.61. The van der Waals surface area contributed by atoms with E-state index in [0.717, 1.165) is 31.1 Å². The molecule has 4 unspecified atom stereocenters. The summed E-state index contributed by atoms with van der Waals surface area (Å²) in [6, 6.07) is 0. The summed E-state index contributed by atoms with van der Waals surface area (Å²) < 4.78 is 5.91. The maximum Gasteiger partial charge on any atom is 0.217 e. The van der Waals surface area contributed by atoms with E-state index >= 15 is 0 Å². The Labute approximate surface area is 195 Å². The number of fused-ring (bicyclic) bond motifs is 5. The smallest absolute Gasteiger partial charge is 0.217 e. The summed E-state index contributed by atoms with van der Waals surface area (Å²) in [5.41, 5.74) is -0.594. The molecule has 1 aliphatic heterocycles. The third kappa shape index (κ3) is 3.25. The second-order valence-corrected chi connectivity index (χ2v) is 13.7. The van der Waals surface area contributed by atoms with E-state index in [0.29, 0.717) is 48.0 Å². The average Bonchev–Trinajstić information content (AvgIpc) is 3.28. The lowest BCUT2D eigenvalue weighted by Gasteiger charge is -2.63. The second kappa shape index (κ2) is 7.44. The Bertz CT molecular complexity index is 779. The van der Waals surface area contributed by atoms with Crippen molar-refractivity contribution in [2.24, 2.45) is 51.3 Å². The van der Waals surface area contributed by atoms with Crippen LogP contribution in [0.1, 0.15) is 99.3 Å². The highest BCUT2D eigenvalue weighted by Gasteiger charge is 2.64. The second-order valence-electron chi connectivity index (χ2n) is 13.7. The molecule has 0 aromatic rings. The number of rotatable bonds is 3. The van der Waals surface area contributed by atoms with Crippen LogP contribution < -0.4 is 0 Å². The Morgan fingerprint density at radius 3 is 2.41 bits per heavy atom. The van der Waals surface area contributed by atoms with Crippen molar-refractivity contribution in [1.82, 2.24) is 0 Å². The van der Waals surface area contributed by atoms with E-state index in [-0.39, 0.29) is 17.1 Å². The predicted molar refractivity (Wildman–Crippen MR) is 128 cm³/mol. The summed E-state index contributed by atoms with van der Waals surface area (Å²) in [7, 11) is 0. The summed E-state index contributed by atoms with van der Waals surface area (Å²) in [6.45, 7) is 14.5. The molecule has 0 amide bonds. The van der Waals surface area contributed by atoms with Crippen molar-refractivity contribution in [3.63, 3.8) is 0 Å². The minimum atomic E-state index is -0.956. The molecule has 182 valence electrons. The van der Waals surface area contributed by atoms with Crippen LogP contribution in [0.3, 0.4) is 0 Å². The minimum absolute atomic E-state index is 0.209. The summed E-state index contributed by atoms with van der Waals surface area (Å²) in [5.74, 6) is 4.18. The van der Waals surface area contributed by atoms with E-state index in [1.807, 2.05) is 0 Å². The number of nitrogens with zero attached hydrogens (tertiary/aromatic N) is 1. The first-order valence-corrected chi connectivity index (χ1v) is 13.6. The van der Waals surface area contributed by atoms with Gasteiger partial charge in [0.2, 0.25) is 5.90 Å². The summed E-state index contributed by atoms with van der Waals surface area (Å²) in [4.78, 5) is 4.74. The quantitative estimate of drug-likeness (QED) is 0.594. The van der Waals surface area contributed by atoms with Gasteiger partial charge in [-0.1, -0.05) is 34.1 Å². The van der Waals surface area contributed by atoms with Crippen LogP contribution in [-0.2, 0) is 4.74 Å². The van der Waals surface area contributed by atoms with E-state index in [9.17, 15) is 10.2 Å². The molecule has 4 fully saturated rings. The van der Waals surface area contributed by atoms with Crippen LogP contribution in [0.5, 0.6) is 0 Å². The summed E-state index contributed by atoms with van der Waals surface area (Å²) in [6.07, 6.45) is 9.53. The fraction of sp³-hybridized carbons (Fsp3) is 0.964. The van der Waals surface area contributed by atoms with Crippen LogP contribution in [0, 0.1) is 46.3 Å². The van der Waals surface area contributed by atoms with E-state index < -0.39 is 5.60 Å². The molecule has 0 radical (unpaired) electrons. The minimum Gasteiger partial charge on any atom is -0.476 e. The zero-order valence-electron chi connectivity index (χ0n) is 21.4. The van der Waals surface area contributed by atoms with Crippen molar-refractivity contribution in [2.45, 2.75) is 117 Å². The fourth-order valence-electron chi connectivity index (χ4n) is 9.49. The zero-order valence-corrected chi connectivity index (χ0v) is 21.4. The molecule has 0 aromatic carbocycles. The molecule has 32 heavy (non-hydrogen) atoms. The molecular formula is C28H47NO3. The molecule has 0 spiro atoms.